The molecule has 0 heterocycles. The van der Waals surface area contributed by atoms with E-state index in [9.17, 15) is 9.59 Å². The highest BCUT2D eigenvalue weighted by atomic mass is 16.5. The summed E-state index contributed by atoms with van der Waals surface area (Å²) in [6, 6.07) is 13.1. The molecule has 0 aliphatic rings. The number of rotatable bonds is 5. The van der Waals surface area contributed by atoms with E-state index in [0.717, 1.165) is 0 Å². The average Bonchev–Trinajstić information content (AvgIpc) is 2.52. The van der Waals surface area contributed by atoms with Crippen LogP contribution in [0.2, 0.25) is 0 Å². The third-order valence-corrected chi connectivity index (χ3v) is 2.92. The Balaban J connectivity index is 2.07. The zero-order valence-corrected chi connectivity index (χ0v) is 11.4. The van der Waals surface area contributed by atoms with E-state index in [4.69, 9.17) is 9.84 Å². The molecule has 0 aliphatic heterocycles. The van der Waals surface area contributed by atoms with Crippen molar-refractivity contribution in [3.63, 3.8) is 0 Å². The minimum atomic E-state index is -0.991. The summed E-state index contributed by atoms with van der Waals surface area (Å²) in [7, 11) is 1.32. The number of carbonyl (C=O) groups is 2. The second-order valence-corrected chi connectivity index (χ2v) is 4.27. The van der Waals surface area contributed by atoms with Crippen LogP contribution in [0.15, 0.2) is 48.5 Å². The fourth-order valence-corrected chi connectivity index (χ4v) is 1.82. The van der Waals surface area contributed by atoms with Crippen LogP contribution >= 0.6 is 0 Å². The summed E-state index contributed by atoms with van der Waals surface area (Å²) in [5, 5.41) is 9.08. The lowest BCUT2D eigenvalue weighted by Gasteiger charge is -2.09. The molecule has 0 unspecified atom stereocenters. The molecule has 0 saturated heterocycles. The summed E-state index contributed by atoms with van der Waals surface area (Å²) < 4.78 is 10.1. The van der Waals surface area contributed by atoms with Gasteiger partial charge in [-0.15, -0.1) is 0 Å². The summed E-state index contributed by atoms with van der Waals surface area (Å²) >= 11 is 0. The predicted octanol–water partition coefficient (Wildman–Crippen LogP) is 2.75. The minimum Gasteiger partial charge on any atom is -0.489 e. The van der Waals surface area contributed by atoms with Crippen molar-refractivity contribution in [3.8, 4) is 5.75 Å². The number of methoxy groups -OCH3 is 1. The van der Waals surface area contributed by atoms with Gasteiger partial charge in [0, 0.05) is 5.56 Å². The summed E-state index contributed by atoms with van der Waals surface area (Å²) in [6.07, 6.45) is 0. The SMILES string of the molecule is COC(=O)c1ccc(OCc2ccccc2C(=O)O)cc1. The number of hydrogen-bond donors (Lipinski definition) is 1. The monoisotopic (exact) mass is 286 g/mol. The Morgan fingerprint density at radius 2 is 1.71 bits per heavy atom. The van der Waals surface area contributed by atoms with Crippen LogP contribution in [0.25, 0.3) is 0 Å². The van der Waals surface area contributed by atoms with Crippen molar-refractivity contribution in [2.45, 2.75) is 6.61 Å². The van der Waals surface area contributed by atoms with Gasteiger partial charge in [-0.1, -0.05) is 18.2 Å². The van der Waals surface area contributed by atoms with E-state index >= 15 is 0 Å². The molecule has 0 amide bonds. The highest BCUT2D eigenvalue weighted by molar-refractivity contribution is 5.89. The lowest BCUT2D eigenvalue weighted by molar-refractivity contribution is 0.0599. The zero-order chi connectivity index (χ0) is 15.2. The molecule has 2 aromatic carbocycles. The van der Waals surface area contributed by atoms with Crippen molar-refractivity contribution in [2.75, 3.05) is 7.11 Å². The van der Waals surface area contributed by atoms with Crippen LogP contribution < -0.4 is 4.74 Å². The number of carboxylic acid groups (broad SMARTS) is 1. The van der Waals surface area contributed by atoms with Crippen molar-refractivity contribution in [1.29, 1.82) is 0 Å². The van der Waals surface area contributed by atoms with Crippen molar-refractivity contribution in [2.24, 2.45) is 0 Å². The van der Waals surface area contributed by atoms with Crippen LogP contribution in [0.5, 0.6) is 5.75 Å². The first kappa shape index (κ1) is 14.6. The molecule has 2 rings (SSSR count). The number of carboxylic acids is 1. The summed E-state index contributed by atoms with van der Waals surface area (Å²) in [4.78, 5) is 22.4. The number of esters is 1. The predicted molar refractivity (Wildman–Crippen MR) is 75.5 cm³/mol. The molecule has 5 heteroatoms. The van der Waals surface area contributed by atoms with Gasteiger partial charge in [-0.2, -0.15) is 0 Å². The van der Waals surface area contributed by atoms with Crippen LogP contribution in [-0.2, 0) is 11.3 Å². The first-order valence-electron chi connectivity index (χ1n) is 6.24. The lowest BCUT2D eigenvalue weighted by Crippen LogP contribution is -2.05. The zero-order valence-electron chi connectivity index (χ0n) is 11.4. The van der Waals surface area contributed by atoms with Gasteiger partial charge in [0.2, 0.25) is 0 Å². The topological polar surface area (TPSA) is 72.8 Å². The van der Waals surface area contributed by atoms with E-state index < -0.39 is 11.9 Å². The van der Waals surface area contributed by atoms with Crippen LogP contribution in [0, 0.1) is 0 Å². The molecular formula is C16H14O5. The Hall–Kier alpha value is -2.82. The molecule has 0 spiro atoms. The first-order valence-corrected chi connectivity index (χ1v) is 6.24. The molecule has 0 fully saturated rings. The smallest absolute Gasteiger partial charge is 0.337 e. The van der Waals surface area contributed by atoms with Crippen LogP contribution in [-0.4, -0.2) is 24.2 Å². The molecule has 21 heavy (non-hydrogen) atoms. The van der Waals surface area contributed by atoms with Gasteiger partial charge in [-0.3, -0.25) is 0 Å². The second-order valence-electron chi connectivity index (χ2n) is 4.27. The number of benzene rings is 2. The summed E-state index contributed by atoms with van der Waals surface area (Å²) in [5.74, 6) is -0.865. The Labute approximate surface area is 121 Å². The van der Waals surface area contributed by atoms with Gasteiger partial charge < -0.3 is 14.6 Å². The Morgan fingerprint density at radius 1 is 1.05 bits per heavy atom. The van der Waals surface area contributed by atoms with Gasteiger partial charge in [0.1, 0.15) is 12.4 Å². The van der Waals surface area contributed by atoms with Gasteiger partial charge in [-0.05, 0) is 30.3 Å². The number of ether oxygens (including phenoxy) is 2. The van der Waals surface area contributed by atoms with Crippen LogP contribution in [0.1, 0.15) is 26.3 Å². The fraction of sp³-hybridized carbons (Fsp3) is 0.125. The fourth-order valence-electron chi connectivity index (χ4n) is 1.82. The van der Waals surface area contributed by atoms with E-state index in [1.807, 2.05) is 0 Å². The highest BCUT2D eigenvalue weighted by Crippen LogP contribution is 2.16. The lowest BCUT2D eigenvalue weighted by atomic mass is 10.1. The third kappa shape index (κ3) is 3.60. The van der Waals surface area contributed by atoms with Gasteiger partial charge in [0.05, 0.1) is 18.2 Å². The molecule has 0 aliphatic carbocycles. The van der Waals surface area contributed by atoms with Crippen LogP contribution in [0.3, 0.4) is 0 Å². The Bertz CT molecular complexity index is 646. The van der Waals surface area contributed by atoms with Crippen molar-refractivity contribution in [1.82, 2.24) is 0 Å². The van der Waals surface area contributed by atoms with E-state index in [-0.39, 0.29) is 12.2 Å². The van der Waals surface area contributed by atoms with Crippen LogP contribution in [0.4, 0.5) is 0 Å². The summed E-state index contributed by atoms with van der Waals surface area (Å²) in [5.41, 5.74) is 1.22. The molecule has 2 aromatic rings. The molecule has 0 radical (unpaired) electrons. The number of carbonyl (C=O) groups excluding carboxylic acids is 1. The van der Waals surface area contributed by atoms with Crippen molar-refractivity contribution >= 4 is 11.9 Å². The van der Waals surface area contributed by atoms with Gasteiger partial charge in [0.15, 0.2) is 0 Å². The quantitative estimate of drug-likeness (QED) is 0.856. The maximum absolute atomic E-state index is 11.3. The molecule has 0 bridgehead atoms. The summed E-state index contributed by atoms with van der Waals surface area (Å²) in [6.45, 7) is 0.139. The maximum Gasteiger partial charge on any atom is 0.337 e. The standard InChI is InChI=1S/C16H14O5/c1-20-16(19)11-6-8-13(9-7-11)21-10-12-4-2-3-5-14(12)15(17)18/h2-9H,10H2,1H3,(H,17,18). The van der Waals surface area contributed by atoms with Gasteiger partial charge in [0.25, 0.3) is 0 Å². The number of hydrogen-bond acceptors (Lipinski definition) is 4. The van der Waals surface area contributed by atoms with Crippen molar-refractivity contribution in [3.05, 3.63) is 65.2 Å². The molecule has 1 N–H and O–H groups in total. The molecule has 5 nitrogen and oxygen atoms in total. The van der Waals surface area contributed by atoms with E-state index in [1.54, 1.807) is 42.5 Å². The largest absolute Gasteiger partial charge is 0.489 e. The van der Waals surface area contributed by atoms with Gasteiger partial charge >= 0.3 is 11.9 Å². The average molecular weight is 286 g/mol. The van der Waals surface area contributed by atoms with Crippen molar-refractivity contribution < 1.29 is 24.2 Å². The third-order valence-electron chi connectivity index (χ3n) is 2.92. The molecular weight excluding hydrogens is 272 g/mol. The molecule has 0 atom stereocenters. The van der Waals surface area contributed by atoms with E-state index in [2.05, 4.69) is 4.74 Å². The first-order chi connectivity index (χ1) is 10.1. The normalized spacial score (nSPS) is 9.95. The second kappa shape index (κ2) is 6.56. The highest BCUT2D eigenvalue weighted by Gasteiger charge is 2.10. The Kier molecular flexibility index (Phi) is 4.56. The van der Waals surface area contributed by atoms with E-state index in [1.165, 1.54) is 13.2 Å². The van der Waals surface area contributed by atoms with E-state index in [0.29, 0.717) is 16.9 Å². The molecule has 0 saturated carbocycles. The van der Waals surface area contributed by atoms with Gasteiger partial charge in [-0.25, -0.2) is 9.59 Å². The number of aromatic carboxylic acids is 1. The molecule has 0 aromatic heterocycles. The Morgan fingerprint density at radius 3 is 2.33 bits per heavy atom. The molecule has 108 valence electrons. The maximum atomic E-state index is 11.3. The minimum absolute atomic E-state index is 0.139.